The van der Waals surface area contributed by atoms with E-state index in [0.29, 0.717) is 76.2 Å². The van der Waals surface area contributed by atoms with E-state index in [4.69, 9.17) is 14.2 Å². The molecule has 0 radical (unpaired) electrons. The van der Waals surface area contributed by atoms with Gasteiger partial charge in [-0.3, -0.25) is 18.9 Å². The molecule has 0 aliphatic carbocycles. The van der Waals surface area contributed by atoms with Gasteiger partial charge in [0, 0.05) is 95.5 Å². The summed E-state index contributed by atoms with van der Waals surface area (Å²) in [6, 6.07) is 22.7. The van der Waals surface area contributed by atoms with Crippen LogP contribution in [0.15, 0.2) is 90.0 Å². The second-order valence-electron chi connectivity index (χ2n) is 15.1. The molecule has 1 aromatic heterocycles. The first kappa shape index (κ1) is 42.1. The molecule has 2 heterocycles. The number of pyridine rings is 1. The van der Waals surface area contributed by atoms with Crippen molar-refractivity contribution in [2.45, 2.75) is 37.5 Å². The van der Waals surface area contributed by atoms with Crippen molar-refractivity contribution in [1.82, 2.24) is 15.2 Å². The van der Waals surface area contributed by atoms with Crippen LogP contribution in [0, 0.1) is 0 Å². The highest BCUT2D eigenvalue weighted by Gasteiger charge is 2.25. The number of methoxy groups -OCH3 is 2. The van der Waals surface area contributed by atoms with Crippen LogP contribution in [-0.4, -0.2) is 92.6 Å². The first-order valence-electron chi connectivity index (χ1n) is 18.8. The van der Waals surface area contributed by atoms with E-state index >= 15 is 0 Å². The van der Waals surface area contributed by atoms with E-state index in [1.54, 1.807) is 49.7 Å². The molecule has 13 nitrogen and oxygen atoms in total. The zero-order valence-electron chi connectivity index (χ0n) is 33.5. The second-order valence-corrected chi connectivity index (χ2v) is 18.8. The lowest BCUT2D eigenvalue weighted by Gasteiger charge is -2.25. The van der Waals surface area contributed by atoms with E-state index in [0.717, 1.165) is 30.3 Å². The fourth-order valence-electron chi connectivity index (χ4n) is 6.65. The number of carbonyl (C=O) groups is 2. The molecule has 3 N–H and O–H groups in total. The van der Waals surface area contributed by atoms with Gasteiger partial charge >= 0.3 is 6.03 Å². The average molecular weight is 828 g/mol. The van der Waals surface area contributed by atoms with Crippen LogP contribution in [0.5, 0.6) is 23.0 Å². The van der Waals surface area contributed by atoms with Crippen molar-refractivity contribution < 1.29 is 36.4 Å². The number of fused-ring (bicyclic) bond motifs is 1. The Kier molecular flexibility index (Phi) is 13.0. The topological polar surface area (TPSA) is 165 Å². The van der Waals surface area contributed by atoms with E-state index in [1.807, 2.05) is 63.2 Å². The van der Waals surface area contributed by atoms with E-state index < -0.39 is 32.1 Å². The van der Waals surface area contributed by atoms with Crippen molar-refractivity contribution in [3.8, 4) is 23.0 Å². The zero-order chi connectivity index (χ0) is 41.6. The molecule has 0 saturated carbocycles. The molecule has 1 aliphatic heterocycles. The molecule has 0 bridgehead atoms. The lowest BCUT2D eigenvalue weighted by molar-refractivity contribution is 0.0948. The van der Waals surface area contributed by atoms with Crippen molar-refractivity contribution in [3.63, 3.8) is 0 Å². The van der Waals surface area contributed by atoms with Gasteiger partial charge in [-0.25, -0.2) is 13.2 Å². The number of ether oxygens (including phenoxy) is 3. The van der Waals surface area contributed by atoms with E-state index in [9.17, 15) is 22.2 Å². The molecule has 0 atom stereocenters. The zero-order valence-corrected chi connectivity index (χ0v) is 35.1. The number of hydrogen-bond acceptors (Lipinski definition) is 10. The smallest absolute Gasteiger partial charge is 0.323 e. The predicted octanol–water partition coefficient (Wildman–Crippen LogP) is 6.77. The van der Waals surface area contributed by atoms with Crippen molar-refractivity contribution >= 4 is 54.7 Å². The number of urea groups is 1. The van der Waals surface area contributed by atoms with Gasteiger partial charge in [-0.15, -0.1) is 0 Å². The summed E-state index contributed by atoms with van der Waals surface area (Å²) in [6.07, 6.45) is 3.18. The van der Waals surface area contributed by atoms with E-state index in [1.165, 1.54) is 7.11 Å². The molecular weight excluding hydrogens is 779 g/mol. The molecular formula is C43H49N5O8S2. The van der Waals surface area contributed by atoms with Crippen LogP contribution in [0.25, 0.3) is 10.8 Å². The lowest BCUT2D eigenvalue weighted by Crippen LogP contribution is -2.42. The number of hydrogen-bond donors (Lipinski definition) is 3. The minimum atomic E-state index is -3.68. The molecule has 0 spiro atoms. The van der Waals surface area contributed by atoms with Gasteiger partial charge < -0.3 is 30.2 Å². The molecule has 5 aromatic rings. The van der Waals surface area contributed by atoms with Gasteiger partial charge in [0.2, 0.25) is 0 Å². The van der Waals surface area contributed by atoms with Crippen LogP contribution >= 0.6 is 0 Å². The minimum absolute atomic E-state index is 0.0130. The Bertz CT molecular complexity index is 2460. The summed E-state index contributed by atoms with van der Waals surface area (Å²) < 4.78 is 54.5. The molecule has 3 amide bonds. The van der Waals surface area contributed by atoms with E-state index in [2.05, 4.69) is 25.8 Å². The van der Waals surface area contributed by atoms with Crippen LogP contribution < -0.4 is 30.2 Å². The number of rotatable bonds is 13. The van der Waals surface area contributed by atoms with Crippen molar-refractivity contribution in [1.29, 1.82) is 0 Å². The van der Waals surface area contributed by atoms with Crippen LogP contribution in [0.2, 0.25) is 0 Å². The van der Waals surface area contributed by atoms with Crippen LogP contribution in [-0.2, 0) is 32.5 Å². The molecule has 0 unspecified atom stereocenters. The maximum absolute atomic E-state index is 13.5. The van der Waals surface area contributed by atoms with Gasteiger partial charge in [0.15, 0.2) is 15.6 Å². The number of aromatic nitrogens is 1. The number of sulfone groups is 1. The summed E-state index contributed by atoms with van der Waals surface area (Å²) in [4.78, 5) is 33.4. The van der Waals surface area contributed by atoms with Crippen LogP contribution in [0.3, 0.4) is 0 Å². The number of amides is 3. The molecule has 306 valence electrons. The molecule has 4 aromatic carbocycles. The Morgan fingerprint density at radius 2 is 1.59 bits per heavy atom. The number of carbonyl (C=O) groups excluding carboxylic acids is 2. The first-order chi connectivity index (χ1) is 27.6. The highest BCUT2D eigenvalue weighted by Crippen LogP contribution is 2.39. The standard InChI is InChI=1S/C43H49N5O8S2/c1-43(2,3)30-25-37(40(55-5)39(26-30)58(6,52)53)47-42(50)46-36-11-12-38(35-10-8-7-9-34(35)36)56-32-13-14-44-31(27-32)22-28-21-29(24-33(23-28)54-4)41(49)45-15-16-48-17-19-57(51)20-18-48/h7-14,21,23-27H,15-20,22H2,1-6H3,(H,45,49)(H2,46,47,50). The summed E-state index contributed by atoms with van der Waals surface area (Å²) in [6.45, 7) is 8.57. The summed E-state index contributed by atoms with van der Waals surface area (Å²) in [5.41, 5.74) is 3.07. The number of anilines is 2. The molecule has 1 saturated heterocycles. The normalized spacial score (nSPS) is 13.8. The third-order valence-corrected chi connectivity index (χ3v) is 12.1. The summed E-state index contributed by atoms with van der Waals surface area (Å²) in [5, 5.41) is 10.2. The van der Waals surface area contributed by atoms with Crippen LogP contribution in [0.1, 0.15) is 48.0 Å². The van der Waals surface area contributed by atoms with Crippen LogP contribution in [0.4, 0.5) is 16.2 Å². The Balaban J connectivity index is 1.17. The molecule has 6 rings (SSSR count). The Morgan fingerprint density at radius 1 is 0.862 bits per heavy atom. The van der Waals surface area contributed by atoms with Gasteiger partial charge in [0.25, 0.3) is 5.91 Å². The average Bonchev–Trinajstić information content (AvgIpc) is 3.18. The molecule has 1 aliphatic rings. The number of nitrogens with one attached hydrogen (secondary N) is 3. The number of benzene rings is 4. The van der Waals surface area contributed by atoms with E-state index in [-0.39, 0.29) is 22.2 Å². The van der Waals surface area contributed by atoms with Crippen molar-refractivity contribution in [2.75, 3.05) is 68.8 Å². The predicted molar refractivity (Wildman–Crippen MR) is 228 cm³/mol. The third-order valence-electron chi connectivity index (χ3n) is 9.75. The second kappa shape index (κ2) is 18.0. The van der Waals surface area contributed by atoms with Crippen molar-refractivity contribution in [2.24, 2.45) is 0 Å². The monoisotopic (exact) mass is 827 g/mol. The molecule has 15 heteroatoms. The maximum atomic E-state index is 13.5. The maximum Gasteiger partial charge on any atom is 0.323 e. The fraction of sp³-hybridized carbons (Fsp3) is 0.326. The van der Waals surface area contributed by atoms with Gasteiger partial charge in [-0.1, -0.05) is 45.0 Å². The highest BCUT2D eigenvalue weighted by molar-refractivity contribution is 7.90. The quantitative estimate of drug-likeness (QED) is 0.115. The van der Waals surface area contributed by atoms with Gasteiger partial charge in [-0.2, -0.15) is 0 Å². The van der Waals surface area contributed by atoms with Gasteiger partial charge in [0.05, 0.1) is 25.6 Å². The summed E-state index contributed by atoms with van der Waals surface area (Å²) in [5.74, 6) is 2.82. The van der Waals surface area contributed by atoms with Crippen molar-refractivity contribution in [3.05, 3.63) is 107 Å². The minimum Gasteiger partial charge on any atom is -0.497 e. The summed E-state index contributed by atoms with van der Waals surface area (Å²) in [7, 11) is -1.50. The highest BCUT2D eigenvalue weighted by atomic mass is 32.2. The third kappa shape index (κ3) is 10.5. The molecule has 58 heavy (non-hydrogen) atoms. The fourth-order valence-corrected chi connectivity index (χ4v) is 8.65. The van der Waals surface area contributed by atoms with Gasteiger partial charge in [-0.05, 0) is 65.1 Å². The lowest BCUT2D eigenvalue weighted by atomic mass is 9.86. The Morgan fingerprint density at radius 3 is 2.28 bits per heavy atom. The first-order valence-corrected chi connectivity index (χ1v) is 22.2. The summed E-state index contributed by atoms with van der Waals surface area (Å²) >= 11 is 0. The number of nitrogens with zero attached hydrogens (tertiary/aromatic N) is 2. The largest absolute Gasteiger partial charge is 0.497 e. The Hall–Kier alpha value is -5.51. The van der Waals surface area contributed by atoms with Gasteiger partial charge in [0.1, 0.15) is 22.1 Å². The SMILES string of the molecule is COc1cc(Cc2cc(Oc3ccc(NC(=O)Nc4cc(C(C)(C)C)cc(S(C)(=O)=O)c4OC)c4ccccc34)ccn2)cc(C(=O)NCCN2CCS(=O)CC2)c1. The Labute approximate surface area is 341 Å². The molecule has 1 fully saturated rings.